The highest BCUT2D eigenvalue weighted by atomic mass is 35.5. The SMILES string of the molecule is COc1cc(COc2c(Cl)cc(/C=C(/C#N)C(=O)Nc3cccc([N+](=O)[O-])c3)cc2Cl)ccc1OCc1ccccc1. The lowest BCUT2D eigenvalue weighted by atomic mass is 10.1. The average Bonchev–Trinajstić information content (AvgIpc) is 2.99. The fourth-order valence-electron chi connectivity index (χ4n) is 3.82. The predicted octanol–water partition coefficient (Wildman–Crippen LogP) is 7.61. The number of hydrogen-bond acceptors (Lipinski definition) is 7. The molecule has 0 fully saturated rings. The van der Waals surface area contributed by atoms with Crippen molar-refractivity contribution >= 4 is 46.6 Å². The number of benzene rings is 4. The number of nitro benzene ring substituents is 1. The van der Waals surface area contributed by atoms with Crippen LogP contribution in [-0.2, 0) is 18.0 Å². The summed E-state index contributed by atoms with van der Waals surface area (Å²) in [4.78, 5) is 23.0. The molecule has 42 heavy (non-hydrogen) atoms. The second-order valence-electron chi connectivity index (χ2n) is 8.79. The van der Waals surface area contributed by atoms with E-state index < -0.39 is 10.8 Å². The highest BCUT2D eigenvalue weighted by Crippen LogP contribution is 2.36. The first-order valence-corrected chi connectivity index (χ1v) is 13.2. The van der Waals surface area contributed by atoms with Gasteiger partial charge < -0.3 is 19.5 Å². The quantitative estimate of drug-likeness (QED) is 0.0809. The molecule has 0 heterocycles. The number of hydrogen-bond donors (Lipinski definition) is 1. The zero-order valence-electron chi connectivity index (χ0n) is 22.2. The summed E-state index contributed by atoms with van der Waals surface area (Å²) < 4.78 is 17.3. The molecule has 0 saturated heterocycles. The van der Waals surface area contributed by atoms with Crippen molar-refractivity contribution in [1.29, 1.82) is 5.26 Å². The standard InChI is InChI=1S/C31H23Cl2N3O6/c1-40-29-15-21(10-11-28(29)41-18-20-6-3-2-4-7-20)19-42-30-26(32)13-22(14-27(30)33)12-23(17-34)31(37)35-24-8-5-9-25(16-24)36(38)39/h2-16H,18-19H2,1H3,(H,35,37)/b23-12-. The molecule has 0 bridgehead atoms. The van der Waals surface area contributed by atoms with Gasteiger partial charge in [0.1, 0.15) is 24.9 Å². The maximum absolute atomic E-state index is 12.6. The summed E-state index contributed by atoms with van der Waals surface area (Å²) in [7, 11) is 1.55. The molecule has 4 aromatic rings. The second kappa shape index (κ2) is 14.0. The minimum Gasteiger partial charge on any atom is -0.493 e. The van der Waals surface area contributed by atoms with Gasteiger partial charge in [0.05, 0.1) is 22.1 Å². The summed E-state index contributed by atoms with van der Waals surface area (Å²) in [5, 5.41) is 23.3. The van der Waals surface area contributed by atoms with Crippen molar-refractivity contribution in [2.45, 2.75) is 13.2 Å². The van der Waals surface area contributed by atoms with Crippen molar-refractivity contribution in [2.75, 3.05) is 12.4 Å². The number of halogens is 2. The fourth-order valence-corrected chi connectivity index (χ4v) is 4.44. The average molecular weight is 604 g/mol. The molecule has 1 amide bonds. The Labute approximate surface area is 251 Å². The van der Waals surface area contributed by atoms with Crippen LogP contribution in [0.1, 0.15) is 16.7 Å². The van der Waals surface area contributed by atoms with E-state index in [1.807, 2.05) is 42.5 Å². The smallest absolute Gasteiger partial charge is 0.271 e. The lowest BCUT2D eigenvalue weighted by Crippen LogP contribution is -2.13. The van der Waals surface area contributed by atoms with E-state index >= 15 is 0 Å². The summed E-state index contributed by atoms with van der Waals surface area (Å²) in [6.07, 6.45) is 1.30. The lowest BCUT2D eigenvalue weighted by Gasteiger charge is -2.14. The van der Waals surface area contributed by atoms with Gasteiger partial charge in [0.2, 0.25) is 0 Å². The molecule has 1 N–H and O–H groups in total. The number of anilines is 1. The number of nitrogens with zero attached hydrogens (tertiary/aromatic N) is 2. The molecule has 0 aliphatic rings. The van der Waals surface area contributed by atoms with E-state index in [2.05, 4.69) is 5.32 Å². The normalized spacial score (nSPS) is 10.9. The highest BCUT2D eigenvalue weighted by Gasteiger charge is 2.15. The number of nitro groups is 1. The zero-order valence-corrected chi connectivity index (χ0v) is 23.7. The molecule has 4 aromatic carbocycles. The van der Waals surface area contributed by atoms with E-state index in [9.17, 15) is 20.2 Å². The van der Waals surface area contributed by atoms with E-state index in [1.54, 1.807) is 19.2 Å². The van der Waals surface area contributed by atoms with Gasteiger partial charge in [0.25, 0.3) is 11.6 Å². The molecule has 9 nitrogen and oxygen atoms in total. The Morgan fingerprint density at radius 3 is 2.31 bits per heavy atom. The molecule has 0 aliphatic heterocycles. The minimum atomic E-state index is -0.754. The van der Waals surface area contributed by atoms with Crippen LogP contribution < -0.4 is 19.5 Å². The largest absolute Gasteiger partial charge is 0.493 e. The van der Waals surface area contributed by atoms with Gasteiger partial charge in [0.15, 0.2) is 17.2 Å². The maximum Gasteiger partial charge on any atom is 0.271 e. The molecule has 4 rings (SSSR count). The van der Waals surface area contributed by atoms with Crippen LogP contribution in [-0.4, -0.2) is 17.9 Å². The molecule has 0 radical (unpaired) electrons. The van der Waals surface area contributed by atoms with Crippen LogP contribution in [0.15, 0.2) is 90.5 Å². The molecule has 0 atom stereocenters. The van der Waals surface area contributed by atoms with Crippen molar-refractivity contribution in [3.63, 3.8) is 0 Å². The topological polar surface area (TPSA) is 124 Å². The van der Waals surface area contributed by atoms with Crippen LogP contribution in [0.5, 0.6) is 17.2 Å². The molecule has 212 valence electrons. The molecular weight excluding hydrogens is 581 g/mol. The van der Waals surface area contributed by atoms with Gasteiger partial charge in [-0.25, -0.2) is 0 Å². The van der Waals surface area contributed by atoms with Crippen molar-refractivity contribution in [1.82, 2.24) is 0 Å². The second-order valence-corrected chi connectivity index (χ2v) is 9.61. The fraction of sp³-hybridized carbons (Fsp3) is 0.0968. The molecule has 0 spiro atoms. The van der Waals surface area contributed by atoms with Crippen LogP contribution in [0.3, 0.4) is 0 Å². The van der Waals surface area contributed by atoms with Gasteiger partial charge in [-0.3, -0.25) is 14.9 Å². The Morgan fingerprint density at radius 2 is 1.64 bits per heavy atom. The number of nitriles is 1. The molecule has 0 aromatic heterocycles. The van der Waals surface area contributed by atoms with Crippen LogP contribution in [0, 0.1) is 21.4 Å². The van der Waals surface area contributed by atoms with E-state index in [0.717, 1.165) is 11.1 Å². The van der Waals surface area contributed by atoms with Gasteiger partial charge in [0, 0.05) is 17.8 Å². The van der Waals surface area contributed by atoms with Gasteiger partial charge >= 0.3 is 0 Å². The van der Waals surface area contributed by atoms with Crippen LogP contribution in [0.2, 0.25) is 10.0 Å². The van der Waals surface area contributed by atoms with Crippen molar-refractivity contribution in [3.8, 4) is 23.3 Å². The summed E-state index contributed by atoms with van der Waals surface area (Å²) in [5.41, 5.74) is 1.89. The summed E-state index contributed by atoms with van der Waals surface area (Å²) >= 11 is 12.9. The Morgan fingerprint density at radius 1 is 0.929 bits per heavy atom. The Hall–Kier alpha value is -5.04. The molecule has 0 unspecified atom stereocenters. The first-order chi connectivity index (χ1) is 20.3. The van der Waals surface area contributed by atoms with E-state index in [-0.39, 0.29) is 39.3 Å². The van der Waals surface area contributed by atoms with Crippen LogP contribution in [0.25, 0.3) is 6.08 Å². The van der Waals surface area contributed by atoms with Crippen LogP contribution >= 0.6 is 23.2 Å². The highest BCUT2D eigenvalue weighted by molar-refractivity contribution is 6.37. The third kappa shape index (κ3) is 7.79. The Balaban J connectivity index is 1.44. The van der Waals surface area contributed by atoms with Gasteiger partial charge in [-0.2, -0.15) is 5.26 Å². The van der Waals surface area contributed by atoms with Gasteiger partial charge in [-0.15, -0.1) is 0 Å². The number of amides is 1. The molecule has 0 aliphatic carbocycles. The third-order valence-corrected chi connectivity index (χ3v) is 6.42. The predicted molar refractivity (Wildman–Crippen MR) is 160 cm³/mol. The monoisotopic (exact) mass is 603 g/mol. The Bertz CT molecular complexity index is 1660. The van der Waals surface area contributed by atoms with E-state index in [4.69, 9.17) is 37.4 Å². The van der Waals surface area contributed by atoms with Crippen molar-refractivity contribution in [2.24, 2.45) is 0 Å². The van der Waals surface area contributed by atoms with Gasteiger partial charge in [-0.1, -0.05) is 65.7 Å². The molecule has 0 saturated carbocycles. The number of carbonyl (C=O) groups is 1. The maximum atomic E-state index is 12.6. The Kier molecular flexibility index (Phi) is 10.0. The van der Waals surface area contributed by atoms with Gasteiger partial charge in [-0.05, 0) is 53.1 Å². The third-order valence-electron chi connectivity index (χ3n) is 5.86. The van der Waals surface area contributed by atoms with E-state index in [1.165, 1.54) is 42.5 Å². The van der Waals surface area contributed by atoms with Crippen LogP contribution in [0.4, 0.5) is 11.4 Å². The first kappa shape index (κ1) is 29.9. The summed E-state index contributed by atoms with van der Waals surface area (Å²) in [5.74, 6) is 0.589. The minimum absolute atomic E-state index is 0.124. The number of non-ortho nitro benzene ring substituents is 1. The zero-order chi connectivity index (χ0) is 30.1. The number of ether oxygens (including phenoxy) is 3. The first-order valence-electron chi connectivity index (χ1n) is 12.4. The number of carbonyl (C=O) groups excluding carboxylic acids is 1. The lowest BCUT2D eigenvalue weighted by molar-refractivity contribution is -0.384. The van der Waals surface area contributed by atoms with Crippen molar-refractivity contribution in [3.05, 3.63) is 127 Å². The van der Waals surface area contributed by atoms with Crippen molar-refractivity contribution < 1.29 is 23.9 Å². The number of methoxy groups -OCH3 is 1. The summed E-state index contributed by atoms with van der Waals surface area (Å²) in [6, 6.07) is 25.4. The molecular formula is C31H23Cl2N3O6. The van der Waals surface area contributed by atoms with E-state index in [0.29, 0.717) is 23.7 Å². The number of nitrogens with one attached hydrogen (secondary N) is 1. The summed E-state index contributed by atoms with van der Waals surface area (Å²) in [6.45, 7) is 0.516. The molecule has 11 heteroatoms. The number of rotatable bonds is 11.